The molecule has 4 heteroatoms. The van der Waals surface area contributed by atoms with Crippen molar-refractivity contribution in [3.05, 3.63) is 17.5 Å². The second-order valence-corrected chi connectivity index (χ2v) is 5.61. The van der Waals surface area contributed by atoms with Gasteiger partial charge in [0.2, 0.25) is 0 Å². The SMILES string of the molecule is CCn1nc(C)cc1CN1CCC(CBr)CC1. The Balaban J connectivity index is 1.92. The van der Waals surface area contributed by atoms with Crippen molar-refractivity contribution < 1.29 is 0 Å². The molecule has 1 aromatic rings. The van der Waals surface area contributed by atoms with Crippen molar-refractivity contribution in [2.45, 2.75) is 39.8 Å². The van der Waals surface area contributed by atoms with E-state index in [2.05, 4.69) is 50.5 Å². The Hall–Kier alpha value is -0.350. The van der Waals surface area contributed by atoms with Crippen LogP contribution in [0.1, 0.15) is 31.2 Å². The molecule has 2 heterocycles. The van der Waals surface area contributed by atoms with E-state index in [-0.39, 0.29) is 0 Å². The maximum atomic E-state index is 4.51. The summed E-state index contributed by atoms with van der Waals surface area (Å²) in [6.07, 6.45) is 2.65. The molecular formula is C13H22BrN3. The maximum Gasteiger partial charge on any atom is 0.0597 e. The van der Waals surface area contributed by atoms with Crippen LogP contribution in [0, 0.1) is 12.8 Å². The molecule has 0 bridgehead atoms. The summed E-state index contributed by atoms with van der Waals surface area (Å²) in [5.41, 5.74) is 2.50. The first-order chi connectivity index (χ1) is 8.22. The number of hydrogen-bond acceptors (Lipinski definition) is 2. The molecule has 0 atom stereocenters. The zero-order chi connectivity index (χ0) is 12.3. The van der Waals surface area contributed by atoms with Crippen molar-refractivity contribution in [2.75, 3.05) is 18.4 Å². The number of halogens is 1. The standard InChI is InChI=1S/C13H22BrN3/c1-3-17-13(8-11(2)15-17)10-16-6-4-12(9-14)5-7-16/h8,12H,3-7,9-10H2,1-2H3. The highest BCUT2D eigenvalue weighted by Crippen LogP contribution is 2.20. The van der Waals surface area contributed by atoms with Crippen molar-refractivity contribution in [3.63, 3.8) is 0 Å². The van der Waals surface area contributed by atoms with Gasteiger partial charge in [0.15, 0.2) is 0 Å². The minimum atomic E-state index is 0.879. The van der Waals surface area contributed by atoms with E-state index >= 15 is 0 Å². The van der Waals surface area contributed by atoms with E-state index in [9.17, 15) is 0 Å². The van der Waals surface area contributed by atoms with Gasteiger partial charge in [-0.15, -0.1) is 0 Å². The third-order valence-corrected chi connectivity index (χ3v) is 4.51. The van der Waals surface area contributed by atoms with E-state index in [1.54, 1.807) is 0 Å². The summed E-state index contributed by atoms with van der Waals surface area (Å²) >= 11 is 3.59. The Kier molecular flexibility index (Phi) is 4.62. The van der Waals surface area contributed by atoms with Gasteiger partial charge in [0.1, 0.15) is 0 Å². The second-order valence-electron chi connectivity index (χ2n) is 4.97. The average Bonchev–Trinajstić information content (AvgIpc) is 2.70. The molecule has 0 aliphatic carbocycles. The number of rotatable bonds is 4. The first-order valence-electron chi connectivity index (χ1n) is 6.54. The van der Waals surface area contributed by atoms with Gasteiger partial charge in [-0.25, -0.2) is 0 Å². The number of hydrogen-bond donors (Lipinski definition) is 0. The number of nitrogens with zero attached hydrogens (tertiary/aromatic N) is 3. The predicted molar refractivity (Wildman–Crippen MR) is 74.4 cm³/mol. The van der Waals surface area contributed by atoms with Crippen LogP contribution < -0.4 is 0 Å². The quantitative estimate of drug-likeness (QED) is 0.797. The molecule has 1 aliphatic heterocycles. The fraction of sp³-hybridized carbons (Fsp3) is 0.769. The molecule has 1 saturated heterocycles. The second kappa shape index (κ2) is 6.01. The first-order valence-corrected chi connectivity index (χ1v) is 7.66. The highest BCUT2D eigenvalue weighted by molar-refractivity contribution is 9.09. The molecule has 0 radical (unpaired) electrons. The molecule has 2 rings (SSSR count). The van der Waals surface area contributed by atoms with Gasteiger partial charge in [0.05, 0.1) is 11.4 Å². The monoisotopic (exact) mass is 299 g/mol. The van der Waals surface area contributed by atoms with Crippen molar-refractivity contribution in [3.8, 4) is 0 Å². The summed E-state index contributed by atoms with van der Waals surface area (Å²) in [7, 11) is 0. The van der Waals surface area contributed by atoms with Crippen LogP contribution in [0.5, 0.6) is 0 Å². The number of aromatic nitrogens is 2. The number of likely N-dealkylation sites (tertiary alicyclic amines) is 1. The topological polar surface area (TPSA) is 21.1 Å². The lowest BCUT2D eigenvalue weighted by molar-refractivity contribution is 0.183. The van der Waals surface area contributed by atoms with Crippen LogP contribution in [0.3, 0.4) is 0 Å². The molecular weight excluding hydrogens is 278 g/mol. The fourth-order valence-corrected chi connectivity index (χ4v) is 3.18. The van der Waals surface area contributed by atoms with Crippen LogP contribution in [0.15, 0.2) is 6.07 Å². The fourth-order valence-electron chi connectivity index (χ4n) is 2.53. The Morgan fingerprint density at radius 2 is 2.12 bits per heavy atom. The summed E-state index contributed by atoms with van der Waals surface area (Å²) in [6.45, 7) is 8.72. The third kappa shape index (κ3) is 3.32. The predicted octanol–water partition coefficient (Wildman–Crippen LogP) is 2.82. The molecule has 0 saturated carbocycles. The smallest absolute Gasteiger partial charge is 0.0597 e. The van der Waals surface area contributed by atoms with Gasteiger partial charge < -0.3 is 0 Å². The molecule has 96 valence electrons. The molecule has 0 unspecified atom stereocenters. The first kappa shape index (κ1) is 13.1. The Labute approximate surface area is 112 Å². The Bertz CT molecular complexity index is 354. The number of aryl methyl sites for hydroxylation is 2. The molecule has 1 fully saturated rings. The van der Waals surface area contributed by atoms with Crippen LogP contribution >= 0.6 is 15.9 Å². The summed E-state index contributed by atoms with van der Waals surface area (Å²) in [4.78, 5) is 2.56. The van der Waals surface area contributed by atoms with Crippen LogP contribution in [0.2, 0.25) is 0 Å². The number of piperidine rings is 1. The van der Waals surface area contributed by atoms with Gasteiger partial charge in [-0.2, -0.15) is 5.10 Å². The summed E-state index contributed by atoms with van der Waals surface area (Å²) in [6, 6.07) is 2.22. The highest BCUT2D eigenvalue weighted by Gasteiger charge is 2.19. The highest BCUT2D eigenvalue weighted by atomic mass is 79.9. The van der Waals surface area contributed by atoms with Gasteiger partial charge >= 0.3 is 0 Å². The van der Waals surface area contributed by atoms with E-state index in [4.69, 9.17) is 0 Å². The summed E-state index contributed by atoms with van der Waals surface area (Å²) in [5, 5.41) is 5.67. The molecule has 0 spiro atoms. The zero-order valence-electron chi connectivity index (χ0n) is 10.8. The van der Waals surface area contributed by atoms with E-state index in [1.165, 1.54) is 31.6 Å². The minimum Gasteiger partial charge on any atom is -0.298 e. The van der Waals surface area contributed by atoms with E-state index in [0.717, 1.165) is 30.0 Å². The minimum absolute atomic E-state index is 0.879. The summed E-state index contributed by atoms with van der Waals surface area (Å²) < 4.78 is 2.13. The van der Waals surface area contributed by atoms with Gasteiger partial charge in [0, 0.05) is 18.4 Å². The van der Waals surface area contributed by atoms with Crippen LogP contribution in [-0.2, 0) is 13.1 Å². The number of alkyl halides is 1. The summed E-state index contributed by atoms with van der Waals surface area (Å²) in [5.74, 6) is 0.879. The van der Waals surface area contributed by atoms with Crippen molar-refractivity contribution in [2.24, 2.45) is 5.92 Å². The van der Waals surface area contributed by atoms with Crippen molar-refractivity contribution in [1.82, 2.24) is 14.7 Å². The average molecular weight is 300 g/mol. The molecule has 17 heavy (non-hydrogen) atoms. The molecule has 1 aromatic heterocycles. The molecule has 1 aliphatic rings. The maximum absolute atomic E-state index is 4.51. The van der Waals surface area contributed by atoms with Crippen molar-refractivity contribution >= 4 is 15.9 Å². The molecule has 0 aromatic carbocycles. The normalized spacial score (nSPS) is 18.8. The Morgan fingerprint density at radius 1 is 1.41 bits per heavy atom. The molecule has 3 nitrogen and oxygen atoms in total. The molecule has 0 N–H and O–H groups in total. The Morgan fingerprint density at radius 3 is 2.71 bits per heavy atom. The van der Waals surface area contributed by atoms with Gasteiger partial charge in [0.25, 0.3) is 0 Å². The lowest BCUT2D eigenvalue weighted by Gasteiger charge is -2.31. The van der Waals surface area contributed by atoms with E-state index in [0.29, 0.717) is 0 Å². The molecule has 0 amide bonds. The van der Waals surface area contributed by atoms with Gasteiger partial charge in [-0.3, -0.25) is 9.58 Å². The van der Waals surface area contributed by atoms with E-state index < -0.39 is 0 Å². The van der Waals surface area contributed by atoms with Gasteiger partial charge in [-0.05, 0) is 51.8 Å². The third-order valence-electron chi connectivity index (χ3n) is 3.60. The van der Waals surface area contributed by atoms with Crippen LogP contribution in [0.25, 0.3) is 0 Å². The van der Waals surface area contributed by atoms with E-state index in [1.807, 2.05) is 0 Å². The van der Waals surface area contributed by atoms with Gasteiger partial charge in [-0.1, -0.05) is 15.9 Å². The lowest BCUT2D eigenvalue weighted by Crippen LogP contribution is -2.34. The lowest BCUT2D eigenvalue weighted by atomic mass is 9.99. The largest absolute Gasteiger partial charge is 0.298 e. The zero-order valence-corrected chi connectivity index (χ0v) is 12.4. The van der Waals surface area contributed by atoms with Crippen molar-refractivity contribution in [1.29, 1.82) is 0 Å². The van der Waals surface area contributed by atoms with Crippen LogP contribution in [0.4, 0.5) is 0 Å². The van der Waals surface area contributed by atoms with Crippen LogP contribution in [-0.4, -0.2) is 33.1 Å².